The molecule has 0 aliphatic heterocycles. The van der Waals surface area contributed by atoms with E-state index in [4.69, 9.17) is 21.3 Å². The van der Waals surface area contributed by atoms with Gasteiger partial charge in [0.2, 0.25) is 0 Å². The third-order valence-corrected chi connectivity index (χ3v) is 4.57. The minimum absolute atomic E-state index is 0.166. The van der Waals surface area contributed by atoms with Crippen molar-refractivity contribution in [2.24, 2.45) is 5.92 Å². The molecule has 136 valence electrons. The van der Waals surface area contributed by atoms with Gasteiger partial charge in [0.1, 0.15) is 10.6 Å². The standard InChI is InChI=1S/C19H25ClN2O2S/c1-12(2)10-15(22-18(23)24-19(3,4)5)17-21-16(11-25-17)13-6-8-14(20)9-7-13/h6-9,11-12,15H,10H2,1-5H3,(H,22,23). The van der Waals surface area contributed by atoms with Gasteiger partial charge in [-0.25, -0.2) is 9.78 Å². The largest absolute Gasteiger partial charge is 0.444 e. The number of aromatic nitrogens is 1. The summed E-state index contributed by atoms with van der Waals surface area (Å²) in [5.41, 5.74) is 1.37. The van der Waals surface area contributed by atoms with Crippen LogP contribution < -0.4 is 5.32 Å². The number of hydrogen-bond donors (Lipinski definition) is 1. The molecule has 0 aliphatic rings. The van der Waals surface area contributed by atoms with Crippen LogP contribution in [0.25, 0.3) is 11.3 Å². The van der Waals surface area contributed by atoms with Gasteiger partial charge in [0, 0.05) is 16.0 Å². The first-order valence-corrected chi connectivity index (χ1v) is 9.60. The maximum atomic E-state index is 12.2. The third kappa shape index (κ3) is 6.33. The SMILES string of the molecule is CC(C)CC(NC(=O)OC(C)(C)C)c1nc(-c2ccc(Cl)cc2)cs1. The van der Waals surface area contributed by atoms with Crippen molar-refractivity contribution < 1.29 is 9.53 Å². The van der Waals surface area contributed by atoms with E-state index in [-0.39, 0.29) is 6.04 Å². The van der Waals surface area contributed by atoms with E-state index in [2.05, 4.69) is 19.2 Å². The van der Waals surface area contributed by atoms with E-state index >= 15 is 0 Å². The van der Waals surface area contributed by atoms with E-state index < -0.39 is 11.7 Å². The van der Waals surface area contributed by atoms with Gasteiger partial charge >= 0.3 is 6.09 Å². The molecule has 1 heterocycles. The highest BCUT2D eigenvalue weighted by Gasteiger charge is 2.23. The molecule has 1 atom stereocenters. The Morgan fingerprint density at radius 3 is 2.48 bits per heavy atom. The molecule has 0 bridgehead atoms. The molecule has 25 heavy (non-hydrogen) atoms. The quantitative estimate of drug-likeness (QED) is 0.684. The van der Waals surface area contributed by atoms with E-state index in [9.17, 15) is 4.79 Å². The van der Waals surface area contributed by atoms with Crippen LogP contribution in [0.5, 0.6) is 0 Å². The van der Waals surface area contributed by atoms with Crippen molar-refractivity contribution in [3.63, 3.8) is 0 Å². The highest BCUT2D eigenvalue weighted by atomic mass is 35.5. The number of alkyl carbamates (subject to hydrolysis) is 1. The van der Waals surface area contributed by atoms with Crippen LogP contribution in [0, 0.1) is 5.92 Å². The van der Waals surface area contributed by atoms with E-state index in [0.29, 0.717) is 10.9 Å². The first-order chi connectivity index (χ1) is 11.6. The maximum absolute atomic E-state index is 12.2. The molecule has 1 unspecified atom stereocenters. The number of ether oxygens (including phenoxy) is 1. The number of nitrogens with one attached hydrogen (secondary N) is 1. The summed E-state index contributed by atoms with van der Waals surface area (Å²) in [7, 11) is 0. The van der Waals surface area contributed by atoms with Crippen LogP contribution in [0.3, 0.4) is 0 Å². The Bertz CT molecular complexity index is 705. The summed E-state index contributed by atoms with van der Waals surface area (Å²) >= 11 is 7.49. The number of benzene rings is 1. The van der Waals surface area contributed by atoms with Crippen molar-refractivity contribution in [2.45, 2.75) is 52.7 Å². The van der Waals surface area contributed by atoms with Crippen LogP contribution in [0.1, 0.15) is 52.1 Å². The van der Waals surface area contributed by atoms with Crippen LogP contribution in [-0.4, -0.2) is 16.7 Å². The van der Waals surface area contributed by atoms with Crippen molar-refractivity contribution >= 4 is 29.0 Å². The summed E-state index contributed by atoms with van der Waals surface area (Å²) in [5, 5.41) is 6.54. The third-order valence-electron chi connectivity index (χ3n) is 3.36. The lowest BCUT2D eigenvalue weighted by atomic mass is 10.0. The lowest BCUT2D eigenvalue weighted by Crippen LogP contribution is -2.35. The maximum Gasteiger partial charge on any atom is 0.408 e. The molecule has 6 heteroatoms. The van der Waals surface area contributed by atoms with Gasteiger partial charge in [0.25, 0.3) is 0 Å². The molecule has 1 aromatic carbocycles. The van der Waals surface area contributed by atoms with Crippen LogP contribution in [0.4, 0.5) is 4.79 Å². The van der Waals surface area contributed by atoms with Crippen LogP contribution in [-0.2, 0) is 4.74 Å². The lowest BCUT2D eigenvalue weighted by molar-refractivity contribution is 0.0498. The number of rotatable bonds is 5. The Kier molecular flexibility index (Phi) is 6.47. The smallest absolute Gasteiger partial charge is 0.408 e. The van der Waals surface area contributed by atoms with Gasteiger partial charge in [0.15, 0.2) is 0 Å². The fourth-order valence-corrected chi connectivity index (χ4v) is 3.36. The minimum Gasteiger partial charge on any atom is -0.444 e. The van der Waals surface area contributed by atoms with Crippen molar-refractivity contribution in [1.29, 1.82) is 0 Å². The zero-order valence-corrected chi connectivity index (χ0v) is 16.9. The molecule has 1 N–H and O–H groups in total. The van der Waals surface area contributed by atoms with Crippen LogP contribution >= 0.6 is 22.9 Å². The molecule has 0 spiro atoms. The lowest BCUT2D eigenvalue weighted by Gasteiger charge is -2.23. The number of carbonyl (C=O) groups excluding carboxylic acids is 1. The van der Waals surface area contributed by atoms with E-state index in [1.165, 1.54) is 0 Å². The summed E-state index contributed by atoms with van der Waals surface area (Å²) in [6, 6.07) is 7.42. The first-order valence-electron chi connectivity index (χ1n) is 8.35. The number of carbonyl (C=O) groups is 1. The minimum atomic E-state index is -0.524. The zero-order chi connectivity index (χ0) is 18.6. The van der Waals surface area contributed by atoms with E-state index in [1.54, 1.807) is 11.3 Å². The Labute approximate surface area is 158 Å². The number of hydrogen-bond acceptors (Lipinski definition) is 4. The van der Waals surface area contributed by atoms with Crippen molar-refractivity contribution in [2.75, 3.05) is 0 Å². The molecule has 4 nitrogen and oxygen atoms in total. The fourth-order valence-electron chi connectivity index (χ4n) is 2.34. The van der Waals surface area contributed by atoms with Crippen molar-refractivity contribution in [3.05, 3.63) is 39.7 Å². The molecule has 0 fully saturated rings. The summed E-state index contributed by atoms with van der Waals surface area (Å²) in [4.78, 5) is 16.9. The van der Waals surface area contributed by atoms with E-state index in [1.807, 2.05) is 50.4 Å². The van der Waals surface area contributed by atoms with E-state index in [0.717, 1.165) is 22.7 Å². The molecule has 0 radical (unpaired) electrons. The summed E-state index contributed by atoms with van der Waals surface area (Å²) in [5.74, 6) is 0.419. The van der Waals surface area contributed by atoms with Gasteiger partial charge in [-0.3, -0.25) is 0 Å². The van der Waals surface area contributed by atoms with Gasteiger partial charge in [0.05, 0.1) is 11.7 Å². The number of amides is 1. The Balaban J connectivity index is 2.17. The van der Waals surface area contributed by atoms with Gasteiger partial charge in [-0.2, -0.15) is 0 Å². The van der Waals surface area contributed by atoms with Crippen LogP contribution in [0.2, 0.25) is 5.02 Å². The average molecular weight is 381 g/mol. The molecular weight excluding hydrogens is 356 g/mol. The predicted molar refractivity (Wildman–Crippen MR) is 104 cm³/mol. The molecule has 2 aromatic rings. The Morgan fingerprint density at radius 2 is 1.92 bits per heavy atom. The normalized spacial score (nSPS) is 12.9. The first kappa shape index (κ1) is 19.7. The number of thiazole rings is 1. The highest BCUT2D eigenvalue weighted by molar-refractivity contribution is 7.10. The number of halogens is 1. The Morgan fingerprint density at radius 1 is 1.28 bits per heavy atom. The van der Waals surface area contributed by atoms with Gasteiger partial charge in [-0.15, -0.1) is 11.3 Å². The Hall–Kier alpha value is -1.59. The monoisotopic (exact) mass is 380 g/mol. The van der Waals surface area contributed by atoms with Crippen LogP contribution in [0.15, 0.2) is 29.6 Å². The molecule has 0 aliphatic carbocycles. The molecular formula is C19H25ClN2O2S. The number of nitrogens with zero attached hydrogens (tertiary/aromatic N) is 1. The van der Waals surface area contributed by atoms with Crippen molar-refractivity contribution in [3.8, 4) is 11.3 Å². The highest BCUT2D eigenvalue weighted by Crippen LogP contribution is 2.29. The topological polar surface area (TPSA) is 51.2 Å². The zero-order valence-electron chi connectivity index (χ0n) is 15.3. The molecule has 1 aromatic heterocycles. The fraction of sp³-hybridized carbons (Fsp3) is 0.474. The average Bonchev–Trinajstić information content (AvgIpc) is 2.94. The summed E-state index contributed by atoms with van der Waals surface area (Å²) in [6.45, 7) is 9.80. The second-order valence-corrected chi connectivity index (χ2v) is 8.73. The predicted octanol–water partition coefficient (Wildman–Crippen LogP) is 6.08. The summed E-state index contributed by atoms with van der Waals surface area (Å²) < 4.78 is 5.39. The van der Waals surface area contributed by atoms with Gasteiger partial charge in [-0.1, -0.05) is 37.6 Å². The summed E-state index contributed by atoms with van der Waals surface area (Å²) in [6.07, 6.45) is 0.383. The second kappa shape index (κ2) is 8.19. The molecule has 0 saturated carbocycles. The molecule has 2 rings (SSSR count). The molecule has 0 saturated heterocycles. The second-order valence-electron chi connectivity index (χ2n) is 7.41. The van der Waals surface area contributed by atoms with Gasteiger partial charge < -0.3 is 10.1 Å². The van der Waals surface area contributed by atoms with Gasteiger partial charge in [-0.05, 0) is 45.2 Å². The van der Waals surface area contributed by atoms with Crippen molar-refractivity contribution in [1.82, 2.24) is 10.3 Å². The molecule has 1 amide bonds.